The lowest BCUT2D eigenvalue weighted by Crippen LogP contribution is -1.92. The number of fused-ring (bicyclic) bond motifs is 2. The summed E-state index contributed by atoms with van der Waals surface area (Å²) in [6.07, 6.45) is 3.20. The van der Waals surface area contributed by atoms with E-state index in [1.807, 2.05) is 0 Å². The van der Waals surface area contributed by atoms with Crippen molar-refractivity contribution in [2.75, 3.05) is 0 Å². The third-order valence-electron chi connectivity index (χ3n) is 2.16. The van der Waals surface area contributed by atoms with Gasteiger partial charge < -0.3 is 4.42 Å². The fourth-order valence-electron chi connectivity index (χ4n) is 1.49. The van der Waals surface area contributed by atoms with Crippen molar-refractivity contribution >= 4 is 21.9 Å². The second kappa shape index (κ2) is 2.84. The molecule has 0 N–H and O–H groups in total. The lowest BCUT2D eigenvalue weighted by Gasteiger charge is -1.89. The van der Waals surface area contributed by atoms with Crippen molar-refractivity contribution in [2.45, 2.75) is 0 Å². The van der Waals surface area contributed by atoms with Crippen molar-refractivity contribution in [3.63, 3.8) is 0 Å². The molecule has 5 heteroatoms. The summed E-state index contributed by atoms with van der Waals surface area (Å²) in [5.74, 6) is -0.573. The van der Waals surface area contributed by atoms with E-state index >= 15 is 0 Å². The predicted molar refractivity (Wildman–Crippen MR) is 53.4 cm³/mol. The smallest absolute Gasteiger partial charge is 0.406 e. The molecule has 0 amide bonds. The highest BCUT2D eigenvalue weighted by Gasteiger charge is 2.03. The number of aromatic nitrogens is 3. The van der Waals surface area contributed by atoms with Gasteiger partial charge in [-0.25, -0.2) is 4.79 Å². The van der Waals surface area contributed by atoms with Gasteiger partial charge in [0, 0.05) is 5.39 Å². The van der Waals surface area contributed by atoms with E-state index in [0.717, 1.165) is 10.8 Å². The Labute approximate surface area is 83.4 Å². The Morgan fingerprint density at radius 1 is 1.13 bits per heavy atom. The van der Waals surface area contributed by atoms with Crippen molar-refractivity contribution in [3.05, 3.63) is 41.1 Å². The Bertz CT molecular complexity index is 649. The van der Waals surface area contributed by atoms with Gasteiger partial charge in [0.05, 0.1) is 12.4 Å². The first-order valence-corrected chi connectivity index (χ1v) is 4.34. The van der Waals surface area contributed by atoms with E-state index < -0.39 is 5.76 Å². The molecule has 72 valence electrons. The SMILES string of the molecule is O=c1nc2cc3ccnncc3cc2o1. The Morgan fingerprint density at radius 2 is 2.07 bits per heavy atom. The summed E-state index contributed by atoms with van der Waals surface area (Å²) in [6.45, 7) is 0. The molecule has 3 aromatic rings. The lowest BCUT2D eigenvalue weighted by molar-refractivity contribution is 0.555. The highest BCUT2D eigenvalue weighted by atomic mass is 16.4. The molecule has 3 rings (SSSR count). The van der Waals surface area contributed by atoms with Crippen molar-refractivity contribution in [3.8, 4) is 0 Å². The van der Waals surface area contributed by atoms with Crippen LogP contribution in [0.2, 0.25) is 0 Å². The number of hydrogen-bond donors (Lipinski definition) is 0. The van der Waals surface area contributed by atoms with Crippen LogP contribution in [0.25, 0.3) is 21.9 Å². The van der Waals surface area contributed by atoms with Crippen LogP contribution in [0.5, 0.6) is 0 Å². The molecule has 2 heterocycles. The quantitative estimate of drug-likeness (QED) is 0.542. The molecule has 0 spiro atoms. The molecule has 2 aromatic heterocycles. The summed E-state index contributed by atoms with van der Waals surface area (Å²) in [4.78, 5) is 14.6. The second-order valence-corrected chi connectivity index (χ2v) is 3.10. The average molecular weight is 199 g/mol. The highest BCUT2D eigenvalue weighted by Crippen LogP contribution is 2.18. The summed E-state index contributed by atoms with van der Waals surface area (Å²) in [5, 5.41) is 9.33. The number of benzene rings is 1. The van der Waals surface area contributed by atoms with Crippen LogP contribution in [0.4, 0.5) is 0 Å². The van der Waals surface area contributed by atoms with Gasteiger partial charge in [0.1, 0.15) is 5.52 Å². The lowest BCUT2D eigenvalue weighted by atomic mass is 10.2. The van der Waals surface area contributed by atoms with Gasteiger partial charge in [-0.2, -0.15) is 15.2 Å². The molecule has 0 saturated heterocycles. The Hall–Kier alpha value is -2.30. The molecular weight excluding hydrogens is 194 g/mol. The van der Waals surface area contributed by atoms with Crippen LogP contribution < -0.4 is 5.76 Å². The van der Waals surface area contributed by atoms with Gasteiger partial charge in [0.15, 0.2) is 5.58 Å². The summed E-state index contributed by atoms with van der Waals surface area (Å²) >= 11 is 0. The summed E-state index contributed by atoms with van der Waals surface area (Å²) in [6, 6.07) is 5.31. The third kappa shape index (κ3) is 1.25. The monoisotopic (exact) mass is 199 g/mol. The van der Waals surface area contributed by atoms with E-state index in [-0.39, 0.29) is 0 Å². The molecule has 0 unspecified atom stereocenters. The first-order chi connectivity index (χ1) is 7.33. The zero-order valence-electron chi connectivity index (χ0n) is 7.54. The highest BCUT2D eigenvalue weighted by molar-refractivity contribution is 5.93. The van der Waals surface area contributed by atoms with Crippen LogP contribution in [0.1, 0.15) is 0 Å². The predicted octanol–water partition coefficient (Wildman–Crippen LogP) is 1.13. The first kappa shape index (κ1) is 8.05. The van der Waals surface area contributed by atoms with Crippen LogP contribution in [0.15, 0.2) is 39.8 Å². The van der Waals surface area contributed by atoms with Gasteiger partial charge in [-0.3, -0.25) is 0 Å². The van der Waals surface area contributed by atoms with E-state index in [1.54, 1.807) is 30.6 Å². The van der Waals surface area contributed by atoms with Gasteiger partial charge in [-0.1, -0.05) is 0 Å². The molecular formula is C10H5N3O2. The molecule has 0 radical (unpaired) electrons. The van der Waals surface area contributed by atoms with E-state index in [4.69, 9.17) is 4.42 Å². The number of nitrogens with zero attached hydrogens (tertiary/aromatic N) is 3. The molecule has 0 fully saturated rings. The van der Waals surface area contributed by atoms with Crippen molar-refractivity contribution in [1.82, 2.24) is 15.2 Å². The van der Waals surface area contributed by atoms with E-state index in [0.29, 0.717) is 11.1 Å². The van der Waals surface area contributed by atoms with Gasteiger partial charge >= 0.3 is 5.76 Å². The van der Waals surface area contributed by atoms with Crippen LogP contribution in [0, 0.1) is 0 Å². The molecule has 0 saturated carbocycles. The minimum absolute atomic E-state index is 0.473. The summed E-state index contributed by atoms with van der Waals surface area (Å²) < 4.78 is 4.89. The molecule has 0 aliphatic heterocycles. The minimum atomic E-state index is -0.573. The van der Waals surface area contributed by atoms with Crippen molar-refractivity contribution in [2.24, 2.45) is 0 Å². The van der Waals surface area contributed by atoms with Gasteiger partial charge in [0.25, 0.3) is 0 Å². The summed E-state index contributed by atoms with van der Waals surface area (Å²) in [5.41, 5.74) is 1.03. The number of hydrogen-bond acceptors (Lipinski definition) is 5. The Balaban J connectivity index is 2.56. The maximum Gasteiger partial charge on any atom is 0.439 e. The minimum Gasteiger partial charge on any atom is -0.406 e. The van der Waals surface area contributed by atoms with Crippen LogP contribution in [-0.4, -0.2) is 15.2 Å². The second-order valence-electron chi connectivity index (χ2n) is 3.10. The Kier molecular flexibility index (Phi) is 1.53. The largest absolute Gasteiger partial charge is 0.439 e. The van der Waals surface area contributed by atoms with Crippen molar-refractivity contribution in [1.29, 1.82) is 0 Å². The van der Waals surface area contributed by atoms with Crippen LogP contribution >= 0.6 is 0 Å². The average Bonchev–Trinajstić information content (AvgIpc) is 2.44. The van der Waals surface area contributed by atoms with Gasteiger partial charge in [0.2, 0.25) is 0 Å². The molecule has 5 nitrogen and oxygen atoms in total. The van der Waals surface area contributed by atoms with Crippen molar-refractivity contribution < 1.29 is 4.42 Å². The molecule has 0 atom stereocenters. The van der Waals surface area contributed by atoms with Crippen LogP contribution in [-0.2, 0) is 0 Å². The molecule has 0 bridgehead atoms. The molecule has 0 aliphatic carbocycles. The molecule has 0 aliphatic rings. The zero-order chi connectivity index (χ0) is 10.3. The zero-order valence-corrected chi connectivity index (χ0v) is 7.54. The van der Waals surface area contributed by atoms with E-state index in [9.17, 15) is 4.79 Å². The maximum absolute atomic E-state index is 10.9. The normalized spacial score (nSPS) is 10.9. The number of oxazole rings is 1. The number of rotatable bonds is 0. The van der Waals surface area contributed by atoms with E-state index in [1.165, 1.54) is 0 Å². The maximum atomic E-state index is 10.9. The topological polar surface area (TPSA) is 68.9 Å². The first-order valence-electron chi connectivity index (χ1n) is 4.34. The van der Waals surface area contributed by atoms with Crippen LogP contribution in [0.3, 0.4) is 0 Å². The van der Waals surface area contributed by atoms with Gasteiger partial charge in [-0.05, 0) is 23.6 Å². The Morgan fingerprint density at radius 3 is 3.00 bits per heavy atom. The molecule has 15 heavy (non-hydrogen) atoms. The summed E-state index contributed by atoms with van der Waals surface area (Å²) in [7, 11) is 0. The van der Waals surface area contributed by atoms with E-state index in [2.05, 4.69) is 15.2 Å². The fourth-order valence-corrected chi connectivity index (χ4v) is 1.49. The fraction of sp³-hybridized carbons (Fsp3) is 0. The third-order valence-corrected chi connectivity index (χ3v) is 2.16. The molecule has 1 aromatic carbocycles. The van der Waals surface area contributed by atoms with Gasteiger partial charge in [-0.15, -0.1) is 0 Å². The standard InChI is InChI=1S/C10H5N3O2/c14-10-13-8-3-6-1-2-11-12-5-7(6)4-9(8)15-10/h1-5H.